The van der Waals surface area contributed by atoms with Crippen LogP contribution in [0.15, 0.2) is 24.3 Å². The molecule has 1 saturated carbocycles. The van der Waals surface area contributed by atoms with Crippen LogP contribution in [0.1, 0.15) is 24.8 Å². The molecule has 2 unspecified atom stereocenters. The maximum atomic E-state index is 5.95. The Balaban J connectivity index is 1.68. The Labute approximate surface area is 95.9 Å². The zero-order valence-electron chi connectivity index (χ0n) is 9.36. The van der Waals surface area contributed by atoms with Crippen molar-refractivity contribution >= 4 is 0 Å². The van der Waals surface area contributed by atoms with E-state index in [1.54, 1.807) is 0 Å². The largest absolute Gasteiger partial charge is 0.488 e. The molecule has 3 rings (SSSR count). The first-order valence-corrected chi connectivity index (χ1v) is 6.07. The molecule has 0 saturated heterocycles. The summed E-state index contributed by atoms with van der Waals surface area (Å²) >= 11 is 0. The molecule has 1 aromatic carbocycles. The van der Waals surface area contributed by atoms with E-state index in [0.29, 0.717) is 6.04 Å². The monoisotopic (exact) mass is 218 g/mol. The number of fused-ring (bicyclic) bond motifs is 1. The third kappa shape index (κ3) is 1.93. The van der Waals surface area contributed by atoms with Gasteiger partial charge in [0.1, 0.15) is 11.9 Å². The highest BCUT2D eigenvalue weighted by Crippen LogP contribution is 2.36. The fraction of sp³-hybridized carbons (Fsp3) is 0.538. The number of nitrogens with one attached hydrogen (secondary N) is 1. The van der Waals surface area contributed by atoms with E-state index in [4.69, 9.17) is 10.6 Å². The van der Waals surface area contributed by atoms with Gasteiger partial charge in [-0.2, -0.15) is 0 Å². The summed E-state index contributed by atoms with van der Waals surface area (Å²) in [6, 6.07) is 8.56. The van der Waals surface area contributed by atoms with Gasteiger partial charge >= 0.3 is 0 Å². The second-order valence-electron chi connectivity index (χ2n) is 4.92. The van der Waals surface area contributed by atoms with Crippen LogP contribution in [0.4, 0.5) is 0 Å². The Morgan fingerprint density at radius 1 is 1.38 bits per heavy atom. The van der Waals surface area contributed by atoms with E-state index in [1.807, 2.05) is 12.1 Å². The Morgan fingerprint density at radius 3 is 2.88 bits per heavy atom. The summed E-state index contributed by atoms with van der Waals surface area (Å²) in [5, 5.41) is 0. The molecule has 1 aliphatic heterocycles. The summed E-state index contributed by atoms with van der Waals surface area (Å²) in [5.41, 5.74) is 4.23. The van der Waals surface area contributed by atoms with Crippen molar-refractivity contribution < 1.29 is 4.74 Å². The fourth-order valence-electron chi connectivity index (χ4n) is 2.47. The molecule has 3 N–H and O–H groups in total. The van der Waals surface area contributed by atoms with Gasteiger partial charge in [0, 0.05) is 6.42 Å². The van der Waals surface area contributed by atoms with Gasteiger partial charge in [0.25, 0.3) is 0 Å². The Kier molecular flexibility index (Phi) is 2.58. The number of hydrazine groups is 1. The SMILES string of the molecule is NNC(CC1CC1)C1Cc2ccccc2O1. The maximum Gasteiger partial charge on any atom is 0.123 e. The van der Waals surface area contributed by atoms with Gasteiger partial charge in [-0.1, -0.05) is 31.0 Å². The van der Waals surface area contributed by atoms with Crippen molar-refractivity contribution in [1.82, 2.24) is 5.43 Å². The van der Waals surface area contributed by atoms with Crippen molar-refractivity contribution in [2.45, 2.75) is 37.8 Å². The van der Waals surface area contributed by atoms with Crippen LogP contribution >= 0.6 is 0 Å². The predicted molar refractivity (Wildman–Crippen MR) is 63.0 cm³/mol. The van der Waals surface area contributed by atoms with Crippen molar-refractivity contribution in [1.29, 1.82) is 0 Å². The first-order chi connectivity index (χ1) is 7.86. The Morgan fingerprint density at radius 2 is 2.19 bits per heavy atom. The van der Waals surface area contributed by atoms with Gasteiger partial charge in [0.15, 0.2) is 0 Å². The van der Waals surface area contributed by atoms with Crippen LogP contribution in [-0.2, 0) is 6.42 Å². The average Bonchev–Trinajstić information content (AvgIpc) is 3.02. The molecular weight excluding hydrogens is 200 g/mol. The molecule has 3 heteroatoms. The van der Waals surface area contributed by atoms with Crippen molar-refractivity contribution in [2.24, 2.45) is 11.8 Å². The predicted octanol–water partition coefficient (Wildman–Crippen LogP) is 1.62. The molecule has 1 heterocycles. The van der Waals surface area contributed by atoms with Crippen LogP contribution in [-0.4, -0.2) is 12.1 Å². The van der Waals surface area contributed by atoms with Crippen molar-refractivity contribution in [3.63, 3.8) is 0 Å². The summed E-state index contributed by atoms with van der Waals surface area (Å²) in [6.07, 6.45) is 5.06. The van der Waals surface area contributed by atoms with E-state index in [-0.39, 0.29) is 6.10 Å². The van der Waals surface area contributed by atoms with Crippen molar-refractivity contribution in [2.75, 3.05) is 0 Å². The summed E-state index contributed by atoms with van der Waals surface area (Å²) in [7, 11) is 0. The number of benzene rings is 1. The molecule has 1 aromatic rings. The molecule has 0 amide bonds. The lowest BCUT2D eigenvalue weighted by atomic mass is 10.0. The minimum Gasteiger partial charge on any atom is -0.488 e. The van der Waals surface area contributed by atoms with Gasteiger partial charge < -0.3 is 4.74 Å². The fourth-order valence-corrected chi connectivity index (χ4v) is 2.47. The summed E-state index contributed by atoms with van der Waals surface area (Å²) in [6.45, 7) is 0. The lowest BCUT2D eigenvalue weighted by molar-refractivity contribution is 0.168. The Hall–Kier alpha value is -1.06. The molecule has 1 fully saturated rings. The second-order valence-corrected chi connectivity index (χ2v) is 4.92. The lowest BCUT2D eigenvalue weighted by Crippen LogP contribution is -2.46. The highest BCUT2D eigenvalue weighted by atomic mass is 16.5. The number of hydrogen-bond acceptors (Lipinski definition) is 3. The third-order valence-corrected chi connectivity index (χ3v) is 3.62. The number of para-hydroxylation sites is 1. The van der Waals surface area contributed by atoms with E-state index in [9.17, 15) is 0 Å². The number of ether oxygens (including phenoxy) is 1. The van der Waals surface area contributed by atoms with E-state index in [2.05, 4.69) is 17.6 Å². The van der Waals surface area contributed by atoms with Gasteiger partial charge in [-0.05, 0) is 24.0 Å². The average molecular weight is 218 g/mol. The van der Waals surface area contributed by atoms with E-state index in [0.717, 1.165) is 24.5 Å². The molecule has 2 aliphatic rings. The number of rotatable bonds is 4. The van der Waals surface area contributed by atoms with Gasteiger partial charge in [-0.15, -0.1) is 0 Å². The smallest absolute Gasteiger partial charge is 0.123 e. The number of nitrogens with two attached hydrogens (primary N) is 1. The van der Waals surface area contributed by atoms with E-state index >= 15 is 0 Å². The standard InChI is InChI=1S/C13H18N2O/c14-15-11(7-9-5-6-9)13-8-10-3-1-2-4-12(10)16-13/h1-4,9,11,13,15H,5-8,14H2. The second kappa shape index (κ2) is 4.07. The first-order valence-electron chi connectivity index (χ1n) is 6.07. The lowest BCUT2D eigenvalue weighted by Gasteiger charge is -2.22. The van der Waals surface area contributed by atoms with E-state index < -0.39 is 0 Å². The minimum absolute atomic E-state index is 0.211. The van der Waals surface area contributed by atoms with Gasteiger partial charge in [-0.25, -0.2) is 0 Å². The molecule has 0 spiro atoms. The third-order valence-electron chi connectivity index (χ3n) is 3.62. The summed E-state index contributed by atoms with van der Waals surface area (Å²) in [5.74, 6) is 7.53. The molecule has 0 aromatic heterocycles. The normalized spacial score (nSPS) is 24.9. The minimum atomic E-state index is 0.211. The van der Waals surface area contributed by atoms with Crippen LogP contribution in [0, 0.1) is 5.92 Å². The van der Waals surface area contributed by atoms with Crippen molar-refractivity contribution in [3.8, 4) is 5.75 Å². The van der Waals surface area contributed by atoms with Crippen LogP contribution in [0.2, 0.25) is 0 Å². The molecule has 0 radical (unpaired) electrons. The molecule has 0 bridgehead atoms. The molecule has 1 aliphatic carbocycles. The van der Waals surface area contributed by atoms with Crippen LogP contribution in [0.3, 0.4) is 0 Å². The highest BCUT2D eigenvalue weighted by Gasteiger charge is 2.34. The van der Waals surface area contributed by atoms with Crippen molar-refractivity contribution in [3.05, 3.63) is 29.8 Å². The molecular formula is C13H18N2O. The maximum absolute atomic E-state index is 5.95. The summed E-state index contributed by atoms with van der Waals surface area (Å²) in [4.78, 5) is 0. The molecule has 86 valence electrons. The zero-order valence-corrected chi connectivity index (χ0v) is 9.36. The molecule has 16 heavy (non-hydrogen) atoms. The van der Waals surface area contributed by atoms with Gasteiger partial charge in [-0.3, -0.25) is 11.3 Å². The van der Waals surface area contributed by atoms with Crippen LogP contribution < -0.4 is 16.0 Å². The Bertz CT molecular complexity index is 351. The van der Waals surface area contributed by atoms with Gasteiger partial charge in [0.2, 0.25) is 0 Å². The van der Waals surface area contributed by atoms with E-state index in [1.165, 1.54) is 18.4 Å². The van der Waals surface area contributed by atoms with Crippen LogP contribution in [0.25, 0.3) is 0 Å². The zero-order chi connectivity index (χ0) is 11.0. The summed E-state index contributed by atoms with van der Waals surface area (Å²) < 4.78 is 5.95. The highest BCUT2D eigenvalue weighted by molar-refractivity contribution is 5.37. The first kappa shape index (κ1) is 10.1. The van der Waals surface area contributed by atoms with Gasteiger partial charge in [0.05, 0.1) is 6.04 Å². The topological polar surface area (TPSA) is 47.3 Å². The molecule has 2 atom stereocenters. The quantitative estimate of drug-likeness (QED) is 0.596. The van der Waals surface area contributed by atoms with Crippen LogP contribution in [0.5, 0.6) is 5.75 Å². The molecule has 3 nitrogen and oxygen atoms in total. The number of hydrogen-bond donors (Lipinski definition) is 2.